The number of ether oxygens (including phenoxy) is 1. The van der Waals surface area contributed by atoms with Gasteiger partial charge < -0.3 is 10.1 Å². The number of esters is 1. The van der Waals surface area contributed by atoms with Gasteiger partial charge in [-0.1, -0.05) is 39.8 Å². The van der Waals surface area contributed by atoms with Gasteiger partial charge in [0.2, 0.25) is 11.1 Å². The van der Waals surface area contributed by atoms with Crippen LogP contribution in [0.15, 0.2) is 58.2 Å². The summed E-state index contributed by atoms with van der Waals surface area (Å²) in [4.78, 5) is 24.4. The summed E-state index contributed by atoms with van der Waals surface area (Å²) in [6, 6.07) is 14.2. The van der Waals surface area contributed by atoms with Gasteiger partial charge in [-0.05, 0) is 53.7 Å². The van der Waals surface area contributed by atoms with Gasteiger partial charge in [-0.15, -0.1) is 5.10 Å². The normalized spacial score (nSPS) is 10.5. The van der Waals surface area contributed by atoms with Gasteiger partial charge in [0.15, 0.2) is 0 Å². The zero-order valence-electron chi connectivity index (χ0n) is 14.8. The van der Waals surface area contributed by atoms with Gasteiger partial charge in [0, 0.05) is 4.47 Å². The van der Waals surface area contributed by atoms with Gasteiger partial charge in [-0.25, -0.2) is 4.79 Å². The van der Waals surface area contributed by atoms with E-state index in [1.165, 1.54) is 11.8 Å². The van der Waals surface area contributed by atoms with Crippen LogP contribution in [-0.2, 0) is 9.53 Å². The van der Waals surface area contributed by atoms with Crippen molar-refractivity contribution in [3.63, 3.8) is 0 Å². The van der Waals surface area contributed by atoms with E-state index in [0.717, 1.165) is 10.2 Å². The van der Waals surface area contributed by atoms with E-state index < -0.39 is 5.97 Å². The zero-order valence-corrected chi connectivity index (χ0v) is 17.2. The molecule has 1 amide bonds. The Bertz CT molecular complexity index is 977. The lowest BCUT2D eigenvalue weighted by molar-refractivity contribution is -0.113. The molecule has 144 valence electrons. The molecule has 0 aliphatic carbocycles. The summed E-state index contributed by atoms with van der Waals surface area (Å²) in [5.74, 6) is -0.689. The Hall–Kier alpha value is -2.72. The Morgan fingerprint density at radius 2 is 1.93 bits per heavy atom. The fraction of sp³-hybridized carbons (Fsp3) is 0.167. The van der Waals surface area contributed by atoms with Gasteiger partial charge in [-0.3, -0.25) is 4.79 Å². The molecule has 0 unspecified atom stereocenters. The van der Waals surface area contributed by atoms with Gasteiger partial charge in [0.1, 0.15) is 0 Å². The third kappa shape index (κ3) is 4.96. The van der Waals surface area contributed by atoms with E-state index in [9.17, 15) is 9.59 Å². The van der Waals surface area contributed by atoms with Crippen LogP contribution in [0.2, 0.25) is 0 Å². The number of thioether (sulfide) groups is 1. The second kappa shape index (κ2) is 9.47. The molecule has 0 aliphatic rings. The van der Waals surface area contributed by atoms with Crippen LogP contribution in [0.3, 0.4) is 0 Å². The highest BCUT2D eigenvalue weighted by Gasteiger charge is 2.15. The Morgan fingerprint density at radius 1 is 1.18 bits per heavy atom. The van der Waals surface area contributed by atoms with Crippen LogP contribution in [0.5, 0.6) is 0 Å². The molecule has 1 heterocycles. The predicted octanol–water partition coefficient (Wildman–Crippen LogP) is 3.33. The highest BCUT2D eigenvalue weighted by atomic mass is 79.9. The van der Waals surface area contributed by atoms with Crippen molar-refractivity contribution in [1.29, 1.82) is 0 Å². The molecule has 0 spiro atoms. The minimum atomic E-state index is -0.481. The van der Waals surface area contributed by atoms with Crippen LogP contribution in [0, 0.1) is 0 Å². The van der Waals surface area contributed by atoms with Crippen LogP contribution < -0.4 is 5.32 Å². The number of tetrazole rings is 1. The third-order valence-corrected chi connectivity index (χ3v) is 4.99. The Balaban J connectivity index is 1.66. The Labute approximate surface area is 173 Å². The fourth-order valence-corrected chi connectivity index (χ4v) is 3.26. The predicted molar refractivity (Wildman–Crippen MR) is 109 cm³/mol. The van der Waals surface area contributed by atoms with Crippen molar-refractivity contribution in [2.75, 3.05) is 17.7 Å². The number of halogens is 1. The number of amides is 1. The van der Waals surface area contributed by atoms with E-state index in [-0.39, 0.29) is 18.3 Å². The number of carbonyl (C=O) groups excluding carboxylic acids is 2. The van der Waals surface area contributed by atoms with Crippen molar-refractivity contribution >= 4 is 45.3 Å². The van der Waals surface area contributed by atoms with Crippen molar-refractivity contribution in [3.8, 4) is 5.69 Å². The number of benzene rings is 2. The van der Waals surface area contributed by atoms with E-state index in [0.29, 0.717) is 16.4 Å². The topological polar surface area (TPSA) is 99.0 Å². The van der Waals surface area contributed by atoms with Crippen LogP contribution in [0.4, 0.5) is 5.69 Å². The summed E-state index contributed by atoms with van der Waals surface area (Å²) in [5, 5.41) is 14.8. The average Bonchev–Trinajstić information content (AvgIpc) is 3.16. The van der Waals surface area contributed by atoms with Crippen molar-refractivity contribution in [1.82, 2.24) is 20.2 Å². The molecule has 1 aromatic heterocycles. The van der Waals surface area contributed by atoms with Gasteiger partial charge in [0.05, 0.1) is 29.3 Å². The Morgan fingerprint density at radius 3 is 2.68 bits per heavy atom. The summed E-state index contributed by atoms with van der Waals surface area (Å²) >= 11 is 4.57. The molecule has 0 fully saturated rings. The number of rotatable bonds is 7. The molecule has 0 saturated heterocycles. The number of carbonyl (C=O) groups is 2. The van der Waals surface area contributed by atoms with E-state index in [1.54, 1.807) is 35.9 Å². The molecular formula is C18H16BrN5O3S. The molecule has 10 heteroatoms. The molecule has 8 nitrogen and oxygen atoms in total. The summed E-state index contributed by atoms with van der Waals surface area (Å²) < 4.78 is 7.51. The molecule has 0 radical (unpaired) electrons. The van der Waals surface area contributed by atoms with Gasteiger partial charge in [-0.2, -0.15) is 4.68 Å². The number of hydrogen-bond acceptors (Lipinski definition) is 7. The van der Waals surface area contributed by atoms with E-state index >= 15 is 0 Å². The molecule has 0 aliphatic heterocycles. The first kappa shape index (κ1) is 20.0. The van der Waals surface area contributed by atoms with Crippen molar-refractivity contribution in [2.24, 2.45) is 0 Å². The first-order valence-corrected chi connectivity index (χ1v) is 10.1. The van der Waals surface area contributed by atoms with Crippen LogP contribution in [-0.4, -0.2) is 44.4 Å². The highest BCUT2D eigenvalue weighted by molar-refractivity contribution is 9.10. The number of anilines is 1. The van der Waals surface area contributed by atoms with Crippen molar-refractivity contribution in [3.05, 3.63) is 58.6 Å². The van der Waals surface area contributed by atoms with E-state index in [1.807, 2.05) is 24.3 Å². The second-order valence-corrected chi connectivity index (χ2v) is 7.31. The monoisotopic (exact) mass is 461 g/mol. The number of hydrogen-bond donors (Lipinski definition) is 1. The average molecular weight is 462 g/mol. The largest absolute Gasteiger partial charge is 0.462 e. The SMILES string of the molecule is CCOC(=O)c1ccccc1NC(=O)CSc1nnnn1-c1ccc(Br)cc1. The maximum absolute atomic E-state index is 12.4. The number of nitrogens with zero attached hydrogens (tertiary/aromatic N) is 4. The van der Waals surface area contributed by atoms with E-state index in [4.69, 9.17) is 4.74 Å². The van der Waals surface area contributed by atoms with Gasteiger partial charge >= 0.3 is 5.97 Å². The van der Waals surface area contributed by atoms with Crippen LogP contribution in [0.25, 0.3) is 5.69 Å². The van der Waals surface area contributed by atoms with Crippen molar-refractivity contribution < 1.29 is 14.3 Å². The number of nitrogens with one attached hydrogen (secondary N) is 1. The van der Waals surface area contributed by atoms with Gasteiger partial charge in [0.25, 0.3) is 0 Å². The quantitative estimate of drug-likeness (QED) is 0.425. The standard InChI is InChI=1S/C18H16BrN5O3S/c1-2-27-17(26)14-5-3-4-6-15(14)20-16(25)11-28-18-21-22-23-24(18)13-9-7-12(19)8-10-13/h3-10H,2,11H2,1H3,(H,20,25). The first-order chi connectivity index (χ1) is 13.6. The lowest BCUT2D eigenvalue weighted by Gasteiger charge is -2.10. The highest BCUT2D eigenvalue weighted by Crippen LogP contribution is 2.21. The van der Waals surface area contributed by atoms with Crippen molar-refractivity contribution in [2.45, 2.75) is 12.1 Å². The second-order valence-electron chi connectivity index (χ2n) is 5.45. The smallest absolute Gasteiger partial charge is 0.340 e. The fourth-order valence-electron chi connectivity index (χ4n) is 2.31. The molecular weight excluding hydrogens is 446 g/mol. The molecule has 1 N–H and O–H groups in total. The summed E-state index contributed by atoms with van der Waals surface area (Å²) in [7, 11) is 0. The molecule has 3 aromatic rings. The van der Waals surface area contributed by atoms with E-state index in [2.05, 4.69) is 36.8 Å². The first-order valence-electron chi connectivity index (χ1n) is 8.31. The number of para-hydroxylation sites is 1. The Kier molecular flexibility index (Phi) is 6.77. The van der Waals surface area contributed by atoms with Crippen LogP contribution >= 0.6 is 27.7 Å². The molecule has 0 bridgehead atoms. The molecule has 28 heavy (non-hydrogen) atoms. The minimum Gasteiger partial charge on any atom is -0.462 e. The lowest BCUT2D eigenvalue weighted by Crippen LogP contribution is -2.17. The summed E-state index contributed by atoms with van der Waals surface area (Å²) in [5.41, 5.74) is 1.49. The number of aromatic nitrogens is 4. The molecule has 0 saturated carbocycles. The molecule has 3 rings (SSSR count). The summed E-state index contributed by atoms with van der Waals surface area (Å²) in [6.45, 7) is 1.99. The lowest BCUT2D eigenvalue weighted by atomic mass is 10.2. The maximum Gasteiger partial charge on any atom is 0.340 e. The maximum atomic E-state index is 12.4. The molecule has 2 aromatic carbocycles. The minimum absolute atomic E-state index is 0.0774. The summed E-state index contributed by atoms with van der Waals surface area (Å²) in [6.07, 6.45) is 0. The van der Waals surface area contributed by atoms with Crippen LogP contribution in [0.1, 0.15) is 17.3 Å². The zero-order chi connectivity index (χ0) is 19.9. The third-order valence-electron chi connectivity index (χ3n) is 3.54. The molecule has 0 atom stereocenters.